The number of carbonyl (C=O) groups is 2. The summed E-state index contributed by atoms with van der Waals surface area (Å²) < 4.78 is 0. The van der Waals surface area contributed by atoms with E-state index in [9.17, 15) is 9.59 Å². The number of carbonyl (C=O) groups excluding carboxylic acids is 1. The number of rotatable bonds is 8. The zero-order valence-electron chi connectivity index (χ0n) is 10.3. The van der Waals surface area contributed by atoms with Crippen molar-refractivity contribution in [1.82, 2.24) is 9.80 Å². The Morgan fingerprint density at radius 1 is 1.41 bits per heavy atom. The zero-order chi connectivity index (χ0) is 12.8. The summed E-state index contributed by atoms with van der Waals surface area (Å²) in [5, 5.41) is 8.74. The van der Waals surface area contributed by atoms with E-state index in [4.69, 9.17) is 5.11 Å². The molecule has 0 saturated heterocycles. The lowest BCUT2D eigenvalue weighted by Crippen LogP contribution is -2.43. The van der Waals surface area contributed by atoms with E-state index < -0.39 is 5.97 Å². The van der Waals surface area contributed by atoms with E-state index >= 15 is 0 Å². The van der Waals surface area contributed by atoms with E-state index in [1.165, 1.54) is 0 Å². The van der Waals surface area contributed by atoms with Gasteiger partial charge >= 0.3 is 5.97 Å². The lowest BCUT2D eigenvalue weighted by atomic mass is 10.3. The standard InChI is InChI=1S/C12H20N2O3/c1-3-7-13(9-12(16)17)8-11(15)14(4-2)10-5-6-10/h3,10H,1,4-9H2,2H3,(H,16,17). The van der Waals surface area contributed by atoms with Gasteiger partial charge in [-0.05, 0) is 19.8 Å². The Balaban J connectivity index is 2.49. The molecule has 1 amide bonds. The zero-order valence-corrected chi connectivity index (χ0v) is 10.3. The lowest BCUT2D eigenvalue weighted by molar-refractivity contribution is -0.139. The van der Waals surface area contributed by atoms with Gasteiger partial charge in [0.2, 0.25) is 5.91 Å². The molecule has 1 aliphatic rings. The smallest absolute Gasteiger partial charge is 0.317 e. The number of likely N-dealkylation sites (N-methyl/N-ethyl adjacent to an activating group) is 1. The van der Waals surface area contributed by atoms with Crippen LogP contribution in [0.4, 0.5) is 0 Å². The molecule has 96 valence electrons. The van der Waals surface area contributed by atoms with E-state index in [1.54, 1.807) is 11.0 Å². The summed E-state index contributed by atoms with van der Waals surface area (Å²) in [6.07, 6.45) is 3.75. The Hall–Kier alpha value is -1.36. The van der Waals surface area contributed by atoms with Crippen LogP contribution in [0.1, 0.15) is 19.8 Å². The van der Waals surface area contributed by atoms with Crippen molar-refractivity contribution in [2.24, 2.45) is 0 Å². The van der Waals surface area contributed by atoms with Crippen molar-refractivity contribution in [2.75, 3.05) is 26.2 Å². The molecule has 0 aromatic heterocycles. The Morgan fingerprint density at radius 3 is 2.47 bits per heavy atom. The first kappa shape index (κ1) is 13.7. The number of carboxylic acids is 1. The third-order valence-corrected chi connectivity index (χ3v) is 2.75. The Labute approximate surface area is 102 Å². The first-order chi connectivity index (χ1) is 8.08. The molecule has 0 heterocycles. The average Bonchev–Trinajstić information content (AvgIpc) is 3.02. The molecule has 5 heteroatoms. The van der Waals surface area contributed by atoms with Crippen LogP contribution in [0.5, 0.6) is 0 Å². The number of nitrogens with zero attached hydrogens (tertiary/aromatic N) is 2. The van der Waals surface area contributed by atoms with Gasteiger partial charge in [-0.3, -0.25) is 14.5 Å². The summed E-state index contributed by atoms with van der Waals surface area (Å²) in [6, 6.07) is 0.378. The molecule has 0 radical (unpaired) electrons. The molecular weight excluding hydrogens is 220 g/mol. The molecule has 1 aliphatic carbocycles. The first-order valence-electron chi connectivity index (χ1n) is 5.93. The van der Waals surface area contributed by atoms with Gasteiger partial charge < -0.3 is 10.0 Å². The van der Waals surface area contributed by atoms with Crippen LogP contribution in [0.2, 0.25) is 0 Å². The maximum absolute atomic E-state index is 12.0. The highest BCUT2D eigenvalue weighted by Gasteiger charge is 2.31. The van der Waals surface area contributed by atoms with Gasteiger partial charge in [0, 0.05) is 19.1 Å². The number of amides is 1. The number of hydrogen-bond acceptors (Lipinski definition) is 3. The van der Waals surface area contributed by atoms with Crippen molar-refractivity contribution in [2.45, 2.75) is 25.8 Å². The summed E-state index contributed by atoms with van der Waals surface area (Å²) in [5.41, 5.74) is 0. The van der Waals surface area contributed by atoms with Crippen molar-refractivity contribution in [3.8, 4) is 0 Å². The van der Waals surface area contributed by atoms with E-state index in [1.807, 2.05) is 11.8 Å². The van der Waals surface area contributed by atoms with Gasteiger partial charge in [0.1, 0.15) is 0 Å². The van der Waals surface area contributed by atoms with Crippen LogP contribution < -0.4 is 0 Å². The molecule has 1 fully saturated rings. The quantitative estimate of drug-likeness (QED) is 0.630. The van der Waals surface area contributed by atoms with E-state index in [0.29, 0.717) is 19.1 Å². The second-order valence-corrected chi connectivity index (χ2v) is 4.26. The molecule has 0 aromatic carbocycles. The highest BCUT2D eigenvalue weighted by atomic mass is 16.4. The van der Waals surface area contributed by atoms with Crippen LogP contribution in [-0.2, 0) is 9.59 Å². The molecule has 0 spiro atoms. The van der Waals surface area contributed by atoms with Crippen LogP contribution in [0.3, 0.4) is 0 Å². The highest BCUT2D eigenvalue weighted by molar-refractivity contribution is 5.79. The third-order valence-electron chi connectivity index (χ3n) is 2.75. The van der Waals surface area contributed by atoms with Gasteiger partial charge in [0.15, 0.2) is 0 Å². The average molecular weight is 240 g/mol. The van der Waals surface area contributed by atoms with E-state index in [2.05, 4.69) is 6.58 Å². The molecule has 0 atom stereocenters. The van der Waals surface area contributed by atoms with Gasteiger partial charge in [-0.2, -0.15) is 0 Å². The van der Waals surface area contributed by atoms with Crippen LogP contribution in [0, 0.1) is 0 Å². The number of aliphatic carboxylic acids is 1. The van der Waals surface area contributed by atoms with Gasteiger partial charge in [-0.25, -0.2) is 0 Å². The normalized spacial score (nSPS) is 14.7. The van der Waals surface area contributed by atoms with Gasteiger partial charge in [0.25, 0.3) is 0 Å². The Morgan fingerprint density at radius 2 is 2.06 bits per heavy atom. The molecule has 5 nitrogen and oxygen atoms in total. The van der Waals surface area contributed by atoms with Crippen molar-refractivity contribution in [3.05, 3.63) is 12.7 Å². The summed E-state index contributed by atoms with van der Waals surface area (Å²) in [7, 11) is 0. The molecule has 1 saturated carbocycles. The van der Waals surface area contributed by atoms with Crippen LogP contribution >= 0.6 is 0 Å². The van der Waals surface area contributed by atoms with Crippen molar-refractivity contribution < 1.29 is 14.7 Å². The minimum absolute atomic E-state index is 0.0121. The second kappa shape index (κ2) is 6.39. The summed E-state index contributed by atoms with van der Waals surface area (Å²) in [6.45, 7) is 6.66. The molecule has 1 rings (SSSR count). The van der Waals surface area contributed by atoms with Gasteiger partial charge in [0.05, 0.1) is 13.1 Å². The fraction of sp³-hybridized carbons (Fsp3) is 0.667. The third kappa shape index (κ3) is 4.56. The van der Waals surface area contributed by atoms with Crippen molar-refractivity contribution >= 4 is 11.9 Å². The SMILES string of the molecule is C=CCN(CC(=O)O)CC(=O)N(CC)C1CC1. The van der Waals surface area contributed by atoms with E-state index in [-0.39, 0.29) is 19.0 Å². The molecule has 0 bridgehead atoms. The maximum Gasteiger partial charge on any atom is 0.317 e. The highest BCUT2D eigenvalue weighted by Crippen LogP contribution is 2.26. The number of hydrogen-bond donors (Lipinski definition) is 1. The molecule has 0 aliphatic heterocycles. The van der Waals surface area contributed by atoms with Crippen molar-refractivity contribution in [3.63, 3.8) is 0 Å². The molecule has 0 unspecified atom stereocenters. The maximum atomic E-state index is 12.0. The van der Waals surface area contributed by atoms with Crippen LogP contribution in [-0.4, -0.2) is 59.0 Å². The molecular formula is C12H20N2O3. The predicted molar refractivity (Wildman–Crippen MR) is 64.7 cm³/mol. The fourth-order valence-electron chi connectivity index (χ4n) is 1.87. The van der Waals surface area contributed by atoms with Crippen LogP contribution in [0.25, 0.3) is 0 Å². The monoisotopic (exact) mass is 240 g/mol. The minimum atomic E-state index is -0.922. The molecule has 17 heavy (non-hydrogen) atoms. The molecule has 0 aromatic rings. The van der Waals surface area contributed by atoms with Crippen molar-refractivity contribution in [1.29, 1.82) is 0 Å². The van der Waals surface area contributed by atoms with E-state index in [0.717, 1.165) is 12.8 Å². The summed E-state index contributed by atoms with van der Waals surface area (Å²) in [4.78, 5) is 26.0. The van der Waals surface area contributed by atoms with Gasteiger partial charge in [-0.15, -0.1) is 6.58 Å². The molecule has 1 N–H and O–H groups in total. The summed E-state index contributed by atoms with van der Waals surface area (Å²) in [5.74, 6) is -0.910. The second-order valence-electron chi connectivity index (χ2n) is 4.26. The minimum Gasteiger partial charge on any atom is -0.480 e. The predicted octanol–water partition coefficient (Wildman–Crippen LogP) is 0.570. The topological polar surface area (TPSA) is 60.9 Å². The largest absolute Gasteiger partial charge is 0.480 e. The number of carboxylic acid groups (broad SMARTS) is 1. The van der Waals surface area contributed by atoms with Crippen LogP contribution in [0.15, 0.2) is 12.7 Å². The first-order valence-corrected chi connectivity index (χ1v) is 5.93. The fourth-order valence-corrected chi connectivity index (χ4v) is 1.87. The lowest BCUT2D eigenvalue weighted by Gasteiger charge is -2.24. The Bertz CT molecular complexity index is 300. The summed E-state index contributed by atoms with van der Waals surface area (Å²) >= 11 is 0. The van der Waals surface area contributed by atoms with Gasteiger partial charge in [-0.1, -0.05) is 6.08 Å². The Kier molecular flexibility index (Phi) is 5.15.